The lowest BCUT2D eigenvalue weighted by Crippen LogP contribution is -2.48. The van der Waals surface area contributed by atoms with Crippen molar-refractivity contribution in [1.82, 2.24) is 4.90 Å². The third kappa shape index (κ3) is 2.16. The van der Waals surface area contributed by atoms with Crippen molar-refractivity contribution in [3.8, 4) is 23.0 Å². The molecule has 0 radical (unpaired) electrons. The van der Waals surface area contributed by atoms with Crippen molar-refractivity contribution in [2.24, 2.45) is 0 Å². The monoisotopic (exact) mass is 383 g/mol. The maximum Gasteiger partial charge on any atom is 0.231 e. The molecular weight excluding hydrogens is 362 g/mol. The molecule has 0 aliphatic carbocycles. The second-order valence-electron chi connectivity index (χ2n) is 6.87. The highest BCUT2D eigenvalue weighted by Gasteiger charge is 2.38. The summed E-state index contributed by atoms with van der Waals surface area (Å²) >= 11 is 0. The summed E-state index contributed by atoms with van der Waals surface area (Å²) in [7, 11) is 4.80. The van der Waals surface area contributed by atoms with Gasteiger partial charge in [-0.15, -0.1) is 0 Å². The number of ether oxygens (including phenoxy) is 5. The third-order valence-corrected chi connectivity index (χ3v) is 5.61. The fraction of sp³-hybridized carbons (Fsp3) is 0.333. The third-order valence-electron chi connectivity index (χ3n) is 5.61. The van der Waals surface area contributed by atoms with E-state index >= 15 is 0 Å². The molecule has 7 heteroatoms. The highest BCUT2D eigenvalue weighted by Crippen LogP contribution is 2.44. The molecule has 3 aliphatic rings. The Kier molecular flexibility index (Phi) is 3.72. The van der Waals surface area contributed by atoms with E-state index in [-0.39, 0.29) is 18.6 Å². The Morgan fingerprint density at radius 2 is 1.82 bits per heavy atom. The van der Waals surface area contributed by atoms with Crippen molar-refractivity contribution in [2.75, 3.05) is 34.7 Å². The van der Waals surface area contributed by atoms with Crippen molar-refractivity contribution in [2.45, 2.75) is 12.5 Å². The first-order valence-corrected chi connectivity index (χ1v) is 9.09. The van der Waals surface area contributed by atoms with Gasteiger partial charge in [0.2, 0.25) is 12.7 Å². The van der Waals surface area contributed by atoms with Crippen LogP contribution in [0.2, 0.25) is 0 Å². The SMILES string of the molecule is COC1=c2c(OC)c(OC)ccc2=C(O)C2c3cc4c(cc3CCN12)OCO4. The summed E-state index contributed by atoms with van der Waals surface area (Å²) in [5, 5.41) is 12.7. The van der Waals surface area contributed by atoms with Gasteiger partial charge in [-0.2, -0.15) is 0 Å². The summed E-state index contributed by atoms with van der Waals surface area (Å²) in [6.07, 6.45) is 0.796. The van der Waals surface area contributed by atoms with Crippen LogP contribution in [0.4, 0.5) is 0 Å². The number of rotatable bonds is 3. The van der Waals surface area contributed by atoms with Crippen LogP contribution in [0.15, 0.2) is 24.3 Å². The van der Waals surface area contributed by atoms with Crippen LogP contribution in [-0.2, 0) is 11.2 Å². The van der Waals surface area contributed by atoms with E-state index in [1.54, 1.807) is 27.4 Å². The number of benzene rings is 2. The van der Waals surface area contributed by atoms with Gasteiger partial charge in [-0.05, 0) is 41.8 Å². The van der Waals surface area contributed by atoms with E-state index in [1.165, 1.54) is 0 Å². The van der Waals surface area contributed by atoms with E-state index in [0.29, 0.717) is 40.1 Å². The van der Waals surface area contributed by atoms with E-state index in [0.717, 1.165) is 23.3 Å². The van der Waals surface area contributed by atoms with Crippen molar-refractivity contribution in [3.05, 3.63) is 45.8 Å². The molecule has 7 nitrogen and oxygen atoms in total. The van der Waals surface area contributed by atoms with Crippen LogP contribution in [0, 0.1) is 0 Å². The molecule has 1 atom stereocenters. The molecule has 146 valence electrons. The number of aliphatic hydroxyl groups excluding tert-OH is 1. The highest BCUT2D eigenvalue weighted by atomic mass is 16.7. The van der Waals surface area contributed by atoms with Gasteiger partial charge in [0.1, 0.15) is 11.8 Å². The Hall–Kier alpha value is -3.22. The molecule has 1 unspecified atom stereocenters. The van der Waals surface area contributed by atoms with Gasteiger partial charge >= 0.3 is 0 Å². The van der Waals surface area contributed by atoms with E-state index in [2.05, 4.69) is 4.90 Å². The summed E-state index contributed by atoms with van der Waals surface area (Å²) < 4.78 is 27.9. The van der Waals surface area contributed by atoms with E-state index in [1.807, 2.05) is 18.2 Å². The predicted molar refractivity (Wildman–Crippen MR) is 101 cm³/mol. The topological polar surface area (TPSA) is 69.6 Å². The summed E-state index contributed by atoms with van der Waals surface area (Å²) in [5.74, 6) is 3.48. The lowest BCUT2D eigenvalue weighted by molar-refractivity contribution is 0.173. The lowest BCUT2D eigenvalue weighted by Gasteiger charge is -2.41. The van der Waals surface area contributed by atoms with Crippen molar-refractivity contribution in [3.63, 3.8) is 0 Å². The fourth-order valence-corrected chi connectivity index (χ4v) is 4.39. The first-order valence-electron chi connectivity index (χ1n) is 9.09. The standard InChI is InChI=1S/C21H21NO6/c1-24-14-5-4-12-17(20(14)25-2)21(26-3)22-7-6-11-8-15-16(28-10-27-15)9-13(11)18(22)19(12)23/h4-5,8-9,18,23H,6-7,10H2,1-3H3. The average Bonchev–Trinajstić information content (AvgIpc) is 3.18. The highest BCUT2D eigenvalue weighted by molar-refractivity contribution is 5.65. The second kappa shape index (κ2) is 6.15. The Bertz CT molecular complexity index is 1090. The van der Waals surface area contributed by atoms with Gasteiger partial charge in [-0.25, -0.2) is 0 Å². The van der Waals surface area contributed by atoms with Crippen LogP contribution in [0.5, 0.6) is 23.0 Å². The Balaban J connectivity index is 1.81. The maximum atomic E-state index is 11.3. The number of hydrogen-bond donors (Lipinski definition) is 1. The molecule has 0 bridgehead atoms. The van der Waals surface area contributed by atoms with E-state index < -0.39 is 0 Å². The summed E-state index contributed by atoms with van der Waals surface area (Å²) in [6, 6.07) is 7.24. The first-order chi connectivity index (χ1) is 13.7. The van der Waals surface area contributed by atoms with Gasteiger partial charge in [0.15, 0.2) is 23.0 Å². The number of hydrogen-bond acceptors (Lipinski definition) is 7. The summed E-state index contributed by atoms with van der Waals surface area (Å²) in [5.41, 5.74) is 2.12. The molecule has 3 heterocycles. The minimum Gasteiger partial charge on any atom is -0.509 e. The number of fused-ring (bicyclic) bond motifs is 5. The molecule has 0 saturated carbocycles. The molecule has 0 spiro atoms. The summed E-state index contributed by atoms with van der Waals surface area (Å²) in [4.78, 5) is 2.06. The van der Waals surface area contributed by atoms with Gasteiger partial charge < -0.3 is 33.7 Å². The van der Waals surface area contributed by atoms with Crippen LogP contribution in [0.25, 0.3) is 11.6 Å². The molecular formula is C21H21NO6. The van der Waals surface area contributed by atoms with Gasteiger partial charge in [-0.1, -0.05) is 0 Å². The number of nitrogens with zero attached hydrogens (tertiary/aromatic N) is 1. The molecule has 28 heavy (non-hydrogen) atoms. The number of aliphatic hydroxyl groups is 1. The Morgan fingerprint density at radius 1 is 1.04 bits per heavy atom. The van der Waals surface area contributed by atoms with Crippen LogP contribution < -0.4 is 29.4 Å². The molecule has 0 saturated heterocycles. The minimum absolute atomic E-state index is 0.220. The van der Waals surface area contributed by atoms with Crippen LogP contribution in [-0.4, -0.2) is 44.7 Å². The maximum absolute atomic E-state index is 11.3. The van der Waals surface area contributed by atoms with Crippen molar-refractivity contribution in [1.29, 1.82) is 0 Å². The molecule has 2 aromatic carbocycles. The van der Waals surface area contributed by atoms with E-state index in [9.17, 15) is 5.11 Å². The molecule has 5 rings (SSSR count). The smallest absolute Gasteiger partial charge is 0.231 e. The molecule has 2 aromatic rings. The molecule has 1 N–H and O–H groups in total. The van der Waals surface area contributed by atoms with Gasteiger partial charge in [0.05, 0.1) is 26.5 Å². The quantitative estimate of drug-likeness (QED) is 0.860. The van der Waals surface area contributed by atoms with Crippen LogP contribution >= 0.6 is 0 Å². The first kappa shape index (κ1) is 16.9. The van der Waals surface area contributed by atoms with E-state index in [4.69, 9.17) is 23.7 Å². The average molecular weight is 383 g/mol. The molecule has 0 amide bonds. The normalized spacial score (nSPS) is 19.0. The van der Waals surface area contributed by atoms with Gasteiger partial charge in [0.25, 0.3) is 0 Å². The molecule has 3 aliphatic heterocycles. The lowest BCUT2D eigenvalue weighted by atomic mass is 9.88. The van der Waals surface area contributed by atoms with Crippen LogP contribution in [0.1, 0.15) is 17.2 Å². The number of methoxy groups -OCH3 is 3. The van der Waals surface area contributed by atoms with Crippen LogP contribution in [0.3, 0.4) is 0 Å². The zero-order valence-corrected chi connectivity index (χ0v) is 15.9. The second-order valence-corrected chi connectivity index (χ2v) is 6.87. The Morgan fingerprint density at radius 3 is 2.54 bits per heavy atom. The van der Waals surface area contributed by atoms with Crippen molar-refractivity contribution >= 4 is 11.6 Å². The Labute approximate surface area is 161 Å². The zero-order chi connectivity index (χ0) is 19.4. The molecule has 0 fully saturated rings. The summed E-state index contributed by atoms with van der Waals surface area (Å²) in [6.45, 7) is 0.905. The predicted octanol–water partition coefficient (Wildman–Crippen LogP) is 1.42. The van der Waals surface area contributed by atoms with Gasteiger partial charge in [-0.3, -0.25) is 0 Å². The van der Waals surface area contributed by atoms with Gasteiger partial charge in [0, 0.05) is 11.8 Å². The minimum atomic E-state index is -0.362. The van der Waals surface area contributed by atoms with Crippen molar-refractivity contribution < 1.29 is 28.8 Å². The zero-order valence-electron chi connectivity index (χ0n) is 15.9. The largest absolute Gasteiger partial charge is 0.509 e. The fourth-order valence-electron chi connectivity index (χ4n) is 4.39. The molecule has 0 aromatic heterocycles.